The second-order valence-electron chi connectivity index (χ2n) is 16.4. The standard InChI is InChI=1S/C41H70N16O16S/c1-19(32(65)57-27(39(72)73)18-31(63)64)50-33(66)21(6-4-15-48-40(44)45)52-34(67)22(7-5-16-49-41(46)47)53-36(69)24(9-12-29(43)60)54-38(71)26(14-17-74-3)56-37(70)25(10-13-30(61)62)55-35(68)23(51-20(2)58)8-11-28(42)59/h19,21-27H,4-18H2,1-3H3,(H2,42,59)(H2,43,60)(H,50,66)(H,51,58)(H,52,67)(H,53,69)(H,54,71)(H,55,68)(H,56,70)(H,57,65)(H,61,62)(H,63,64)(H,72,73)(H4,44,45,48)(H4,46,47,49)/t19-,21-,22-,23-,24-,25-,26-,27-/m0/s1. The van der Waals surface area contributed by atoms with Crippen molar-refractivity contribution >= 4 is 101 Å². The second kappa shape index (κ2) is 35.2. The summed E-state index contributed by atoms with van der Waals surface area (Å²) in [6.45, 7) is 2.09. The van der Waals surface area contributed by atoms with Gasteiger partial charge in [0.25, 0.3) is 0 Å². The number of aliphatic carboxylic acids is 3. The van der Waals surface area contributed by atoms with Gasteiger partial charge in [0.05, 0.1) is 6.42 Å². The molecule has 0 aromatic carbocycles. The third kappa shape index (κ3) is 29.4. The van der Waals surface area contributed by atoms with E-state index in [0.29, 0.717) is 0 Å². The molecule has 0 rings (SSSR count). The molecular formula is C41H70N16O16S. The van der Waals surface area contributed by atoms with Gasteiger partial charge in [-0.05, 0) is 70.3 Å². The van der Waals surface area contributed by atoms with E-state index in [2.05, 4.69) is 47.2 Å². The number of nitrogens with one attached hydrogen (secondary N) is 8. The maximum atomic E-state index is 14.1. The van der Waals surface area contributed by atoms with Crippen LogP contribution in [0.2, 0.25) is 0 Å². The molecule has 0 bridgehead atoms. The first-order valence-electron chi connectivity index (χ1n) is 22.8. The lowest BCUT2D eigenvalue weighted by atomic mass is 10.0. The van der Waals surface area contributed by atoms with E-state index in [1.54, 1.807) is 6.26 Å². The van der Waals surface area contributed by atoms with E-state index in [0.717, 1.165) is 13.8 Å². The predicted octanol–water partition coefficient (Wildman–Crippen LogP) is -7.28. The number of carboxylic acids is 3. The highest BCUT2D eigenvalue weighted by Crippen LogP contribution is 2.10. The SMILES string of the molecule is CSCC[C@H](NC(=O)[C@H](CCC(=O)O)NC(=O)[C@H](CCC(N)=O)NC(C)=O)C(=O)N[C@@H](CCC(N)=O)C(=O)N[C@@H](CCCN=C(N)N)C(=O)N[C@@H](CCCN=C(N)N)C(=O)N[C@@H](C)C(=O)N[C@@H](CC(=O)O)C(=O)O. The molecule has 10 amide bonds. The Hall–Kier alpha value is -8.00. The number of rotatable bonds is 38. The van der Waals surface area contributed by atoms with Crippen molar-refractivity contribution in [2.45, 2.75) is 139 Å². The number of carbonyl (C=O) groups excluding carboxylic acids is 10. The number of carbonyl (C=O) groups is 13. The van der Waals surface area contributed by atoms with Crippen LogP contribution in [-0.4, -0.2) is 178 Å². The highest BCUT2D eigenvalue weighted by atomic mass is 32.2. The van der Waals surface area contributed by atoms with Gasteiger partial charge in [0, 0.05) is 39.3 Å². The summed E-state index contributed by atoms with van der Waals surface area (Å²) in [5.41, 5.74) is 32.3. The smallest absolute Gasteiger partial charge is 0.326 e. The third-order valence-corrected chi connectivity index (χ3v) is 10.8. The Morgan fingerprint density at radius 3 is 1.11 bits per heavy atom. The fraction of sp³-hybridized carbons (Fsp3) is 0.634. The molecule has 32 nitrogen and oxygen atoms in total. The van der Waals surface area contributed by atoms with Crippen molar-refractivity contribution in [3.63, 3.8) is 0 Å². The van der Waals surface area contributed by atoms with Crippen LogP contribution in [0.5, 0.6) is 0 Å². The predicted molar refractivity (Wildman–Crippen MR) is 263 cm³/mol. The summed E-state index contributed by atoms with van der Waals surface area (Å²) >= 11 is 1.24. The number of thioether (sulfide) groups is 1. The molecular weight excluding hydrogens is 1000 g/mol. The van der Waals surface area contributed by atoms with E-state index in [1.165, 1.54) is 11.8 Å². The fourth-order valence-electron chi connectivity index (χ4n) is 6.35. The van der Waals surface area contributed by atoms with Crippen LogP contribution in [0.3, 0.4) is 0 Å². The van der Waals surface area contributed by atoms with Crippen molar-refractivity contribution in [3.05, 3.63) is 0 Å². The van der Waals surface area contributed by atoms with Crippen LogP contribution in [0.4, 0.5) is 0 Å². The lowest BCUT2D eigenvalue weighted by Crippen LogP contribution is -2.60. The van der Waals surface area contributed by atoms with Gasteiger partial charge < -0.3 is 92.3 Å². The minimum Gasteiger partial charge on any atom is -0.481 e. The Kier molecular flexibility index (Phi) is 31.4. The molecule has 8 atom stereocenters. The average molecular weight is 1080 g/mol. The maximum Gasteiger partial charge on any atom is 0.326 e. The molecule has 416 valence electrons. The van der Waals surface area contributed by atoms with E-state index < -0.39 is 157 Å². The molecule has 0 spiro atoms. The third-order valence-electron chi connectivity index (χ3n) is 10.1. The van der Waals surface area contributed by atoms with Gasteiger partial charge in [0.2, 0.25) is 59.1 Å². The Balaban J connectivity index is 6.92. The number of amides is 10. The summed E-state index contributed by atoms with van der Waals surface area (Å²) in [7, 11) is 0. The highest BCUT2D eigenvalue weighted by Gasteiger charge is 2.35. The van der Waals surface area contributed by atoms with E-state index in [1.807, 2.05) is 5.32 Å². The molecule has 0 radical (unpaired) electrons. The second-order valence-corrected chi connectivity index (χ2v) is 17.4. The summed E-state index contributed by atoms with van der Waals surface area (Å²) in [6, 6.07) is -12.6. The van der Waals surface area contributed by atoms with Crippen LogP contribution in [0.25, 0.3) is 0 Å². The minimum absolute atomic E-state index is 0.00725. The van der Waals surface area contributed by atoms with E-state index in [9.17, 15) is 72.5 Å². The molecule has 0 aliphatic heterocycles. The Bertz CT molecular complexity index is 2070. The molecule has 0 aliphatic rings. The number of nitrogens with zero attached hydrogens (tertiary/aromatic N) is 2. The molecule has 23 N–H and O–H groups in total. The first-order valence-corrected chi connectivity index (χ1v) is 24.2. The van der Waals surface area contributed by atoms with E-state index in [-0.39, 0.29) is 75.7 Å². The molecule has 0 heterocycles. The summed E-state index contributed by atoms with van der Waals surface area (Å²) in [6.07, 6.45) is -2.66. The van der Waals surface area contributed by atoms with Crippen molar-refractivity contribution in [1.29, 1.82) is 0 Å². The van der Waals surface area contributed by atoms with Crippen LogP contribution >= 0.6 is 11.8 Å². The maximum absolute atomic E-state index is 14.1. The molecule has 0 unspecified atom stereocenters. The fourth-order valence-corrected chi connectivity index (χ4v) is 6.83. The normalized spacial score (nSPS) is 13.9. The van der Waals surface area contributed by atoms with Crippen molar-refractivity contribution in [2.24, 2.45) is 44.4 Å². The number of hydrogen-bond donors (Lipinski definition) is 17. The Morgan fingerprint density at radius 1 is 0.446 bits per heavy atom. The molecule has 33 heteroatoms. The number of primary amides is 2. The number of aliphatic imine (C=N–C) groups is 2. The summed E-state index contributed by atoms with van der Waals surface area (Å²) in [4.78, 5) is 173. The molecule has 0 fully saturated rings. The Morgan fingerprint density at radius 2 is 0.784 bits per heavy atom. The highest BCUT2D eigenvalue weighted by molar-refractivity contribution is 7.98. The van der Waals surface area contributed by atoms with Crippen LogP contribution < -0.4 is 76.9 Å². The summed E-state index contributed by atoms with van der Waals surface area (Å²) < 4.78 is 0. The molecule has 0 aromatic rings. The van der Waals surface area contributed by atoms with Crippen LogP contribution in [-0.2, 0) is 62.3 Å². The van der Waals surface area contributed by atoms with Gasteiger partial charge in [-0.3, -0.25) is 67.5 Å². The molecule has 74 heavy (non-hydrogen) atoms. The molecule has 0 aromatic heterocycles. The van der Waals surface area contributed by atoms with Crippen molar-refractivity contribution in [2.75, 3.05) is 25.1 Å². The number of nitrogens with two attached hydrogens (primary N) is 6. The summed E-state index contributed by atoms with van der Waals surface area (Å²) in [5, 5.41) is 46.5. The van der Waals surface area contributed by atoms with Gasteiger partial charge in [-0.15, -0.1) is 0 Å². The van der Waals surface area contributed by atoms with Crippen LogP contribution in [0, 0.1) is 0 Å². The quantitative estimate of drug-likeness (QED) is 0.0155. The van der Waals surface area contributed by atoms with Gasteiger partial charge >= 0.3 is 17.9 Å². The lowest BCUT2D eigenvalue weighted by molar-refractivity contribution is -0.147. The Labute approximate surface area is 428 Å². The first kappa shape index (κ1) is 66.0. The van der Waals surface area contributed by atoms with Gasteiger partial charge in [0.1, 0.15) is 48.3 Å². The van der Waals surface area contributed by atoms with E-state index in [4.69, 9.17) is 39.5 Å². The molecule has 0 saturated carbocycles. The zero-order valence-corrected chi connectivity index (χ0v) is 42.0. The minimum atomic E-state index is -1.87. The molecule has 0 saturated heterocycles. The van der Waals surface area contributed by atoms with Crippen molar-refractivity contribution in [3.8, 4) is 0 Å². The van der Waals surface area contributed by atoms with Gasteiger partial charge in [-0.25, -0.2) is 4.79 Å². The number of guanidine groups is 2. The van der Waals surface area contributed by atoms with Crippen molar-refractivity contribution in [1.82, 2.24) is 42.5 Å². The van der Waals surface area contributed by atoms with Crippen molar-refractivity contribution < 1.29 is 77.6 Å². The first-order chi connectivity index (χ1) is 34.6. The largest absolute Gasteiger partial charge is 0.481 e. The average Bonchev–Trinajstić information content (AvgIpc) is 3.29. The van der Waals surface area contributed by atoms with Crippen LogP contribution in [0.15, 0.2) is 9.98 Å². The topological polar surface area (TPSA) is 560 Å². The van der Waals surface area contributed by atoms with Gasteiger partial charge in [0.15, 0.2) is 11.9 Å². The van der Waals surface area contributed by atoms with Crippen LogP contribution in [0.1, 0.15) is 90.9 Å². The monoisotopic (exact) mass is 1070 g/mol. The summed E-state index contributed by atoms with van der Waals surface area (Å²) in [5.74, 6) is -14.7. The number of carboxylic acid groups (broad SMARTS) is 3. The molecule has 0 aliphatic carbocycles. The zero-order chi connectivity index (χ0) is 56.7. The lowest BCUT2D eigenvalue weighted by Gasteiger charge is -2.28. The van der Waals surface area contributed by atoms with Gasteiger partial charge in [-0.2, -0.15) is 11.8 Å². The van der Waals surface area contributed by atoms with Gasteiger partial charge in [-0.1, -0.05) is 0 Å². The zero-order valence-electron chi connectivity index (χ0n) is 41.1. The van der Waals surface area contributed by atoms with E-state index >= 15 is 0 Å². The number of hydrogen-bond acceptors (Lipinski definition) is 16.